The molecule has 7 nitrogen and oxygen atoms in total. The molecule has 0 radical (unpaired) electrons. The van der Waals surface area contributed by atoms with Crippen molar-refractivity contribution in [1.82, 2.24) is 9.13 Å². The zero-order valence-electron chi connectivity index (χ0n) is 40.2. The van der Waals surface area contributed by atoms with Crippen LogP contribution in [0.4, 0.5) is 11.4 Å². The quantitative estimate of drug-likeness (QED) is 0.149. The Hall–Kier alpha value is -10.8. The van der Waals surface area contributed by atoms with E-state index in [0.29, 0.717) is 28.1 Å². The molecule has 2 heterocycles. The Morgan fingerprint density at radius 1 is 0.338 bits per heavy atom. The van der Waals surface area contributed by atoms with Gasteiger partial charge in [-0.15, -0.1) is 0 Å². The number of fused-ring (bicyclic) bond motifs is 6. The van der Waals surface area contributed by atoms with Crippen LogP contribution in [0.15, 0.2) is 200 Å². The molecule has 0 amide bonds. The summed E-state index contributed by atoms with van der Waals surface area (Å²) in [6.45, 7) is 19.9. The summed E-state index contributed by atoms with van der Waals surface area (Å²) >= 11 is 0. The Morgan fingerprint density at radius 2 is 0.676 bits per heavy atom. The molecule has 7 heteroatoms. The first-order valence-corrected chi connectivity index (χ1v) is 24.0. The third-order valence-corrected chi connectivity index (χ3v) is 14.0. The van der Waals surface area contributed by atoms with Crippen molar-refractivity contribution in [3.63, 3.8) is 0 Å². The number of nitrogens with zero attached hydrogens (tertiary/aromatic N) is 7. The van der Waals surface area contributed by atoms with E-state index < -0.39 is 0 Å². The van der Waals surface area contributed by atoms with Crippen LogP contribution in [0.5, 0.6) is 0 Å². The number of hydrogen-bond acceptors (Lipinski definition) is 3. The molecule has 10 aromatic carbocycles. The number of hydrogen-bond donors (Lipinski definition) is 0. The van der Waals surface area contributed by atoms with Gasteiger partial charge in [-0.05, 0) is 137 Å². The molecule has 0 aliphatic carbocycles. The van der Waals surface area contributed by atoms with Crippen LogP contribution >= 0.6 is 0 Å². The summed E-state index contributed by atoms with van der Waals surface area (Å²) in [5, 5.41) is 35.2. The van der Waals surface area contributed by atoms with Gasteiger partial charge in [-0.1, -0.05) is 139 Å². The summed E-state index contributed by atoms with van der Waals surface area (Å²) in [7, 11) is 0. The summed E-state index contributed by atoms with van der Waals surface area (Å²) in [4.78, 5) is 7.51. The number of aromatic nitrogens is 2. The first kappa shape index (κ1) is 44.5. The highest BCUT2D eigenvalue weighted by molar-refractivity contribution is 6.14. The molecule has 0 spiro atoms. The van der Waals surface area contributed by atoms with Gasteiger partial charge in [0.2, 0.25) is 0 Å². The highest BCUT2D eigenvalue weighted by Gasteiger charge is 2.25. The van der Waals surface area contributed by atoms with Crippen molar-refractivity contribution in [2.24, 2.45) is 0 Å². The van der Waals surface area contributed by atoms with Crippen LogP contribution in [-0.4, -0.2) is 9.13 Å². The smallest absolute Gasteiger partial charge is 0.187 e. The second-order valence-corrected chi connectivity index (χ2v) is 18.7. The minimum absolute atomic E-state index is 0.450. The van der Waals surface area contributed by atoms with E-state index in [-0.39, 0.29) is 0 Å². The van der Waals surface area contributed by atoms with Crippen molar-refractivity contribution < 1.29 is 0 Å². The van der Waals surface area contributed by atoms with E-state index in [0.717, 1.165) is 122 Å². The molecule has 74 heavy (non-hydrogen) atoms. The molecule has 0 unspecified atom stereocenters. The Kier molecular flexibility index (Phi) is 10.7. The van der Waals surface area contributed by atoms with Crippen LogP contribution in [-0.2, 0) is 0 Å². The molecule has 0 aliphatic heterocycles. The van der Waals surface area contributed by atoms with E-state index in [1.165, 1.54) is 0 Å². The van der Waals surface area contributed by atoms with E-state index in [1.54, 1.807) is 0 Å². The standard InChI is InChI=1S/C67H39N7/c1-41-25-42(2)27-54(26-41)67-65(73-61-34-50(46-11-5-9-43(28-46)38-68)17-21-57(61)59-23-19-52(36-63(59)73)48-13-7-15-55(32-48)71-3)30-45(40-70)31-66(67)74-62-35-51(47-12-6-10-44(29-47)39-69)18-22-58(62)60-24-20-53(37-64(60)74)49-14-8-16-56(33-49)72-4/h5-37H,1-2H3. The lowest BCUT2D eigenvalue weighted by atomic mass is 9.95. The van der Waals surface area contributed by atoms with Crippen molar-refractivity contribution in [1.29, 1.82) is 15.8 Å². The van der Waals surface area contributed by atoms with Crippen molar-refractivity contribution in [2.45, 2.75) is 13.8 Å². The summed E-state index contributed by atoms with van der Waals surface area (Å²) in [5.74, 6) is 0. The SMILES string of the molecule is [C-]#[N+]c1cccc(-c2ccc3c4ccc(-c5cccc(C#N)c5)cc4n(-c4cc(C#N)cc(-n5c6cc(-c7cccc(C#N)c7)ccc6c6ccc(-c7cccc([N+]#[C-])c7)cc65)c4-c4cc(C)cc(C)c4)c3c2)c1. The Bertz CT molecular complexity index is 4080. The predicted molar refractivity (Wildman–Crippen MR) is 298 cm³/mol. The molecule has 0 aliphatic rings. The average Bonchev–Trinajstić information content (AvgIpc) is 3.95. The van der Waals surface area contributed by atoms with Crippen LogP contribution < -0.4 is 0 Å². The first-order chi connectivity index (χ1) is 36.2. The Labute approximate surface area is 427 Å². The monoisotopic (exact) mass is 941 g/mol. The maximum absolute atomic E-state index is 11.3. The molecule has 2 aromatic heterocycles. The second kappa shape index (κ2) is 17.9. The first-order valence-electron chi connectivity index (χ1n) is 24.0. The average molecular weight is 942 g/mol. The molecule has 0 saturated carbocycles. The number of nitriles is 3. The van der Waals surface area contributed by atoms with Crippen molar-refractivity contribution in [3.8, 4) is 85.2 Å². The third-order valence-electron chi connectivity index (χ3n) is 14.0. The van der Waals surface area contributed by atoms with Gasteiger partial charge < -0.3 is 9.13 Å². The minimum atomic E-state index is 0.450. The number of aryl methyl sites for hydroxylation is 2. The van der Waals surface area contributed by atoms with Gasteiger partial charge in [-0.25, -0.2) is 9.69 Å². The summed E-state index contributed by atoms with van der Waals surface area (Å²) in [6.07, 6.45) is 0. The van der Waals surface area contributed by atoms with Crippen LogP contribution in [0.25, 0.3) is 120 Å². The molecule has 0 bridgehead atoms. The van der Waals surface area contributed by atoms with Gasteiger partial charge >= 0.3 is 0 Å². The van der Waals surface area contributed by atoms with Gasteiger partial charge in [0.05, 0.1) is 81.5 Å². The number of rotatable bonds is 7. The molecular weight excluding hydrogens is 903 g/mol. The molecule has 0 N–H and O–H groups in total. The molecule has 12 rings (SSSR count). The zero-order valence-corrected chi connectivity index (χ0v) is 40.2. The fraction of sp³-hybridized carbons (Fsp3) is 0.0299. The molecular formula is C67H39N7. The predicted octanol–water partition coefficient (Wildman–Crippen LogP) is 17.5. The van der Waals surface area contributed by atoms with Crippen LogP contribution in [0.3, 0.4) is 0 Å². The van der Waals surface area contributed by atoms with Gasteiger partial charge in [-0.3, -0.25) is 0 Å². The molecule has 342 valence electrons. The Balaban J connectivity index is 1.25. The molecule has 0 saturated heterocycles. The minimum Gasteiger partial charge on any atom is -0.308 e. The van der Waals surface area contributed by atoms with E-state index in [4.69, 9.17) is 13.1 Å². The highest BCUT2D eigenvalue weighted by Crippen LogP contribution is 2.46. The van der Waals surface area contributed by atoms with Gasteiger partial charge in [0.25, 0.3) is 0 Å². The fourth-order valence-electron chi connectivity index (χ4n) is 10.8. The maximum atomic E-state index is 11.3. The van der Waals surface area contributed by atoms with Crippen molar-refractivity contribution in [2.75, 3.05) is 0 Å². The van der Waals surface area contributed by atoms with E-state index in [1.807, 2.05) is 109 Å². The highest BCUT2D eigenvalue weighted by atomic mass is 15.0. The zero-order chi connectivity index (χ0) is 50.6. The fourth-order valence-corrected chi connectivity index (χ4v) is 10.8. The van der Waals surface area contributed by atoms with Crippen molar-refractivity contribution >= 4 is 55.0 Å². The van der Waals surface area contributed by atoms with E-state index >= 15 is 0 Å². The van der Waals surface area contributed by atoms with Gasteiger partial charge in [0.15, 0.2) is 11.4 Å². The van der Waals surface area contributed by atoms with E-state index in [2.05, 4.69) is 142 Å². The van der Waals surface area contributed by atoms with Gasteiger partial charge in [0.1, 0.15) is 0 Å². The van der Waals surface area contributed by atoms with Gasteiger partial charge in [-0.2, -0.15) is 15.8 Å². The topological polar surface area (TPSA) is 90.0 Å². The summed E-state index contributed by atoms with van der Waals surface area (Å²) in [6, 6.07) is 74.1. The third kappa shape index (κ3) is 7.58. The largest absolute Gasteiger partial charge is 0.308 e. The Morgan fingerprint density at radius 3 is 1.03 bits per heavy atom. The van der Waals surface area contributed by atoms with Crippen LogP contribution in [0, 0.1) is 61.0 Å². The summed E-state index contributed by atoms with van der Waals surface area (Å²) in [5.41, 5.74) is 19.2. The maximum Gasteiger partial charge on any atom is 0.187 e. The molecule has 12 aromatic rings. The van der Waals surface area contributed by atoms with Crippen LogP contribution in [0.2, 0.25) is 0 Å². The summed E-state index contributed by atoms with van der Waals surface area (Å²) < 4.78 is 4.58. The molecule has 0 atom stereocenters. The van der Waals surface area contributed by atoms with Crippen LogP contribution in [0.1, 0.15) is 27.8 Å². The lowest BCUT2D eigenvalue weighted by Crippen LogP contribution is -2.05. The number of benzene rings is 10. The van der Waals surface area contributed by atoms with E-state index in [9.17, 15) is 15.8 Å². The molecule has 0 fully saturated rings. The van der Waals surface area contributed by atoms with Gasteiger partial charge in [0, 0.05) is 27.1 Å². The van der Waals surface area contributed by atoms with Crippen molar-refractivity contribution in [3.05, 3.63) is 251 Å². The lowest BCUT2D eigenvalue weighted by molar-refractivity contribution is 1.13. The second-order valence-electron chi connectivity index (χ2n) is 18.7. The lowest BCUT2D eigenvalue weighted by Gasteiger charge is -2.22. The normalized spacial score (nSPS) is 11.0.